The van der Waals surface area contributed by atoms with E-state index in [9.17, 15) is 13.2 Å². The Morgan fingerprint density at radius 2 is 2.11 bits per heavy atom. The maximum atomic E-state index is 12.5. The van der Waals surface area contributed by atoms with E-state index in [1.165, 1.54) is 28.5 Å². The molecule has 0 saturated carbocycles. The molecule has 1 amide bonds. The maximum Gasteiger partial charge on any atom is 0.262 e. The van der Waals surface area contributed by atoms with Gasteiger partial charge in [0.25, 0.3) is 10.0 Å². The van der Waals surface area contributed by atoms with E-state index in [1.807, 2.05) is 0 Å². The summed E-state index contributed by atoms with van der Waals surface area (Å²) in [6.07, 6.45) is 2.65. The molecule has 11 heteroatoms. The molecule has 146 valence electrons. The molecule has 0 atom stereocenters. The van der Waals surface area contributed by atoms with Gasteiger partial charge >= 0.3 is 0 Å². The topological polar surface area (TPSA) is 103 Å². The summed E-state index contributed by atoms with van der Waals surface area (Å²) in [6, 6.07) is 4.87. The lowest BCUT2D eigenvalue weighted by Gasteiger charge is -2.24. The van der Waals surface area contributed by atoms with E-state index in [0.717, 1.165) is 0 Å². The Morgan fingerprint density at radius 3 is 2.78 bits per heavy atom. The Morgan fingerprint density at radius 1 is 1.37 bits per heavy atom. The van der Waals surface area contributed by atoms with E-state index in [4.69, 9.17) is 21.1 Å². The molecular weight excluding hydrogens is 396 g/mol. The molecule has 1 aromatic carbocycles. The molecule has 2 heterocycles. The molecule has 0 aliphatic carbocycles. The lowest BCUT2D eigenvalue weighted by atomic mass is 10.3. The van der Waals surface area contributed by atoms with Gasteiger partial charge in [-0.15, -0.1) is 0 Å². The van der Waals surface area contributed by atoms with Gasteiger partial charge in [-0.2, -0.15) is 4.31 Å². The number of nitrogens with zero attached hydrogens (tertiary/aromatic N) is 3. The van der Waals surface area contributed by atoms with Gasteiger partial charge in [0.15, 0.2) is 5.03 Å². The number of aromatic nitrogens is 2. The van der Waals surface area contributed by atoms with Gasteiger partial charge < -0.3 is 19.4 Å². The van der Waals surface area contributed by atoms with Crippen LogP contribution in [0.4, 0.5) is 5.69 Å². The molecule has 1 N–H and O–H groups in total. The Bertz CT molecular complexity index is 925. The highest BCUT2D eigenvalue weighted by Crippen LogP contribution is 2.27. The van der Waals surface area contributed by atoms with Crippen LogP contribution in [0, 0.1) is 0 Å². The number of nitrogens with one attached hydrogen (secondary N) is 1. The van der Waals surface area contributed by atoms with Crippen LogP contribution >= 0.6 is 11.6 Å². The van der Waals surface area contributed by atoms with Crippen LogP contribution in [0.15, 0.2) is 35.7 Å². The highest BCUT2D eigenvalue weighted by Gasteiger charge is 2.28. The van der Waals surface area contributed by atoms with Crippen molar-refractivity contribution in [2.24, 2.45) is 0 Å². The van der Waals surface area contributed by atoms with Crippen molar-refractivity contribution in [1.82, 2.24) is 13.9 Å². The number of morpholine rings is 1. The highest BCUT2D eigenvalue weighted by molar-refractivity contribution is 7.89. The maximum absolute atomic E-state index is 12.5. The van der Waals surface area contributed by atoms with Crippen molar-refractivity contribution < 1.29 is 22.7 Å². The molecule has 0 radical (unpaired) electrons. The number of benzene rings is 1. The van der Waals surface area contributed by atoms with Crippen molar-refractivity contribution in [1.29, 1.82) is 0 Å². The summed E-state index contributed by atoms with van der Waals surface area (Å²) in [6.45, 7) is 1.19. The standard InChI is InChI=1S/C16H19ClN4O5S/c1-25-14-3-2-12(8-13(14)17)19-15(22)9-20-10-16(18-11-20)27(23,24)21-4-6-26-7-5-21/h2-3,8,10-11H,4-7,9H2,1H3,(H,19,22). The van der Waals surface area contributed by atoms with Gasteiger partial charge in [0, 0.05) is 25.0 Å². The smallest absolute Gasteiger partial charge is 0.262 e. The zero-order valence-corrected chi connectivity index (χ0v) is 16.2. The van der Waals surface area contributed by atoms with Crippen LogP contribution in [-0.4, -0.2) is 61.6 Å². The fourth-order valence-corrected chi connectivity index (χ4v) is 4.19. The normalized spacial score (nSPS) is 15.5. The number of carbonyl (C=O) groups is 1. The van der Waals surface area contributed by atoms with Crippen LogP contribution in [-0.2, 0) is 26.1 Å². The number of hydrogen-bond acceptors (Lipinski definition) is 6. The number of rotatable bonds is 6. The van der Waals surface area contributed by atoms with Gasteiger partial charge in [-0.25, -0.2) is 13.4 Å². The minimum atomic E-state index is -3.69. The van der Waals surface area contributed by atoms with Crippen LogP contribution in [0.5, 0.6) is 5.75 Å². The quantitative estimate of drug-likeness (QED) is 0.762. The Hall–Kier alpha value is -2.14. The average molecular weight is 415 g/mol. The third-order valence-electron chi connectivity index (χ3n) is 3.95. The average Bonchev–Trinajstić information content (AvgIpc) is 3.12. The molecular formula is C16H19ClN4O5S. The van der Waals surface area contributed by atoms with Crippen LogP contribution < -0.4 is 10.1 Å². The number of imidazole rings is 1. The third-order valence-corrected chi connectivity index (χ3v) is 6.03. The summed E-state index contributed by atoms with van der Waals surface area (Å²) < 4.78 is 38.0. The van der Waals surface area contributed by atoms with Crippen molar-refractivity contribution in [2.75, 3.05) is 38.7 Å². The lowest BCUT2D eigenvalue weighted by molar-refractivity contribution is -0.116. The molecule has 9 nitrogen and oxygen atoms in total. The van der Waals surface area contributed by atoms with Crippen LogP contribution in [0.3, 0.4) is 0 Å². The van der Waals surface area contributed by atoms with E-state index in [-0.39, 0.29) is 30.6 Å². The number of carbonyl (C=O) groups excluding carboxylic acids is 1. The second-order valence-corrected chi connectivity index (χ2v) is 8.09. The highest BCUT2D eigenvalue weighted by atomic mass is 35.5. The number of ether oxygens (including phenoxy) is 2. The van der Waals surface area contributed by atoms with Gasteiger partial charge in [0.2, 0.25) is 5.91 Å². The fourth-order valence-electron chi connectivity index (χ4n) is 2.59. The molecule has 1 saturated heterocycles. The lowest BCUT2D eigenvalue weighted by Crippen LogP contribution is -2.40. The van der Waals surface area contributed by atoms with Crippen LogP contribution in [0.25, 0.3) is 0 Å². The minimum Gasteiger partial charge on any atom is -0.495 e. The number of sulfonamides is 1. The largest absolute Gasteiger partial charge is 0.495 e. The van der Waals surface area contributed by atoms with Gasteiger partial charge in [0.1, 0.15) is 12.3 Å². The summed E-state index contributed by atoms with van der Waals surface area (Å²) in [7, 11) is -2.19. The summed E-state index contributed by atoms with van der Waals surface area (Å²) in [5.74, 6) is 0.159. The fraction of sp³-hybridized carbons (Fsp3) is 0.375. The summed E-state index contributed by atoms with van der Waals surface area (Å²) >= 11 is 6.03. The molecule has 1 aliphatic heterocycles. The van der Waals surface area contributed by atoms with Crippen LogP contribution in [0.1, 0.15) is 0 Å². The number of halogens is 1. The zero-order valence-electron chi connectivity index (χ0n) is 14.6. The predicted molar refractivity (Wildman–Crippen MR) is 98.4 cm³/mol. The second-order valence-electron chi connectivity index (χ2n) is 5.80. The molecule has 1 aromatic heterocycles. The van der Waals surface area contributed by atoms with Gasteiger partial charge in [-0.05, 0) is 18.2 Å². The van der Waals surface area contributed by atoms with Crippen molar-refractivity contribution in [3.63, 3.8) is 0 Å². The Balaban J connectivity index is 1.65. The molecule has 0 unspecified atom stereocenters. The molecule has 2 aromatic rings. The molecule has 0 spiro atoms. The Labute approximate surface area is 161 Å². The first-order valence-corrected chi connectivity index (χ1v) is 9.95. The number of anilines is 1. The van der Waals surface area contributed by atoms with E-state index in [1.54, 1.807) is 18.2 Å². The van der Waals surface area contributed by atoms with E-state index in [0.29, 0.717) is 29.7 Å². The van der Waals surface area contributed by atoms with E-state index >= 15 is 0 Å². The molecule has 0 bridgehead atoms. The van der Waals surface area contributed by atoms with E-state index in [2.05, 4.69) is 10.3 Å². The SMILES string of the molecule is COc1ccc(NC(=O)Cn2cnc(S(=O)(=O)N3CCOCC3)c2)cc1Cl. The minimum absolute atomic E-state index is 0.0880. The number of hydrogen-bond donors (Lipinski definition) is 1. The second kappa shape index (κ2) is 8.26. The van der Waals surface area contributed by atoms with Crippen molar-refractivity contribution >= 4 is 33.2 Å². The van der Waals surface area contributed by atoms with Crippen LogP contribution in [0.2, 0.25) is 5.02 Å². The molecule has 3 rings (SSSR count). The number of amides is 1. The van der Waals surface area contributed by atoms with E-state index < -0.39 is 10.0 Å². The Kier molecular flexibility index (Phi) is 6.00. The monoisotopic (exact) mass is 414 g/mol. The first-order valence-electron chi connectivity index (χ1n) is 8.13. The summed E-state index contributed by atoms with van der Waals surface area (Å²) in [4.78, 5) is 16.1. The number of methoxy groups -OCH3 is 1. The first kappa shape index (κ1) is 19.6. The summed E-state index contributed by atoms with van der Waals surface area (Å²) in [5.41, 5.74) is 0.507. The van der Waals surface area contributed by atoms with Crippen molar-refractivity contribution in [3.8, 4) is 5.75 Å². The van der Waals surface area contributed by atoms with Crippen molar-refractivity contribution in [3.05, 3.63) is 35.7 Å². The molecule has 1 aliphatic rings. The van der Waals surface area contributed by atoms with Gasteiger partial charge in [-0.3, -0.25) is 4.79 Å². The third kappa shape index (κ3) is 4.59. The predicted octanol–water partition coefficient (Wildman–Crippen LogP) is 1.20. The van der Waals surface area contributed by atoms with Crippen molar-refractivity contribution in [2.45, 2.75) is 11.6 Å². The van der Waals surface area contributed by atoms with Gasteiger partial charge in [0.05, 0.1) is 31.7 Å². The first-order chi connectivity index (χ1) is 12.9. The summed E-state index contributed by atoms with van der Waals surface area (Å²) in [5, 5.41) is 2.97. The van der Waals surface area contributed by atoms with Gasteiger partial charge in [-0.1, -0.05) is 11.6 Å². The molecule has 27 heavy (non-hydrogen) atoms. The molecule has 1 fully saturated rings. The zero-order chi connectivity index (χ0) is 19.4.